The lowest BCUT2D eigenvalue weighted by Gasteiger charge is -2.11. The first-order chi connectivity index (χ1) is 7.85. The van der Waals surface area contributed by atoms with Crippen molar-refractivity contribution in [2.45, 2.75) is 24.9 Å². The first kappa shape index (κ1) is 11.5. The Morgan fingerprint density at radius 3 is 2.31 bits per heavy atom. The van der Waals surface area contributed by atoms with Gasteiger partial charge < -0.3 is 19.7 Å². The van der Waals surface area contributed by atoms with Crippen molar-refractivity contribution in [1.82, 2.24) is 0 Å². The molecule has 2 N–H and O–H groups in total. The van der Waals surface area contributed by atoms with Gasteiger partial charge >= 0.3 is 0 Å². The maximum absolute atomic E-state index is 9.14. The number of hydrogen-bond acceptors (Lipinski definition) is 4. The zero-order chi connectivity index (χ0) is 11.4. The minimum Gasteiger partial charge on any atom is -0.396 e. The molecule has 1 fully saturated rings. The van der Waals surface area contributed by atoms with Crippen LogP contribution in [0, 0.1) is 0 Å². The van der Waals surface area contributed by atoms with Crippen LogP contribution in [-0.4, -0.2) is 35.6 Å². The van der Waals surface area contributed by atoms with Gasteiger partial charge in [0.1, 0.15) is 6.10 Å². The maximum Gasteiger partial charge on any atom is 0.184 e. The monoisotopic (exact) mass is 224 g/mol. The number of aliphatic hydroxyl groups is 2. The van der Waals surface area contributed by atoms with Gasteiger partial charge in [-0.2, -0.15) is 0 Å². The molecule has 2 unspecified atom stereocenters. The summed E-state index contributed by atoms with van der Waals surface area (Å²) in [5, 5.41) is 18.0. The summed E-state index contributed by atoms with van der Waals surface area (Å²) in [7, 11) is 0. The summed E-state index contributed by atoms with van der Waals surface area (Å²) < 4.78 is 11.2. The molecule has 0 aromatic heterocycles. The van der Waals surface area contributed by atoms with E-state index >= 15 is 0 Å². The number of ether oxygens (including phenoxy) is 2. The molecule has 1 saturated heterocycles. The third-order valence-corrected chi connectivity index (χ3v) is 2.68. The molecular weight excluding hydrogens is 208 g/mol. The molecule has 1 aromatic rings. The van der Waals surface area contributed by atoms with Crippen LogP contribution in [0.5, 0.6) is 0 Å². The molecule has 3 atom stereocenters. The van der Waals surface area contributed by atoms with E-state index in [9.17, 15) is 0 Å². The Kier molecular flexibility index (Phi) is 3.90. The number of rotatable bonds is 4. The van der Waals surface area contributed by atoms with Crippen LogP contribution in [0.1, 0.15) is 18.3 Å². The first-order valence-electron chi connectivity index (χ1n) is 5.42. The first-order valence-corrected chi connectivity index (χ1v) is 5.42. The molecule has 88 valence electrons. The predicted octanol–water partition coefficient (Wildman–Crippen LogP) is 0.844. The van der Waals surface area contributed by atoms with Crippen LogP contribution in [0.25, 0.3) is 0 Å². The molecule has 0 bridgehead atoms. The molecule has 4 heteroatoms. The summed E-state index contributed by atoms with van der Waals surface area (Å²) in [5.74, 6) is 0. The molecule has 1 aromatic carbocycles. The lowest BCUT2D eigenvalue weighted by atomic mass is 10.1. The van der Waals surface area contributed by atoms with Crippen LogP contribution in [0.4, 0.5) is 0 Å². The van der Waals surface area contributed by atoms with Crippen molar-refractivity contribution in [3.63, 3.8) is 0 Å². The molecule has 0 spiro atoms. The fraction of sp³-hybridized carbons (Fsp3) is 0.500. The van der Waals surface area contributed by atoms with Crippen molar-refractivity contribution < 1.29 is 19.7 Å². The minimum absolute atomic E-state index is 0.0338. The Balaban J connectivity index is 2.05. The van der Waals surface area contributed by atoms with Crippen molar-refractivity contribution in [2.24, 2.45) is 0 Å². The van der Waals surface area contributed by atoms with Gasteiger partial charge in [-0.05, 0) is 6.42 Å². The van der Waals surface area contributed by atoms with E-state index in [-0.39, 0.29) is 25.4 Å². The molecule has 2 rings (SSSR count). The summed E-state index contributed by atoms with van der Waals surface area (Å²) in [5.41, 5.74) is 0.932. The van der Waals surface area contributed by atoms with E-state index in [1.54, 1.807) is 0 Å². The van der Waals surface area contributed by atoms with Gasteiger partial charge in [-0.25, -0.2) is 0 Å². The van der Waals surface area contributed by atoms with Crippen molar-refractivity contribution in [2.75, 3.05) is 13.2 Å². The van der Waals surface area contributed by atoms with E-state index in [4.69, 9.17) is 19.7 Å². The van der Waals surface area contributed by atoms with Gasteiger partial charge in [-0.1, -0.05) is 30.3 Å². The highest BCUT2D eigenvalue weighted by atomic mass is 16.7. The van der Waals surface area contributed by atoms with E-state index < -0.39 is 6.29 Å². The van der Waals surface area contributed by atoms with Crippen molar-refractivity contribution in [3.05, 3.63) is 35.9 Å². The lowest BCUT2D eigenvalue weighted by Crippen LogP contribution is -2.26. The van der Waals surface area contributed by atoms with E-state index in [2.05, 4.69) is 0 Å². The van der Waals surface area contributed by atoms with Crippen molar-refractivity contribution >= 4 is 0 Å². The quantitative estimate of drug-likeness (QED) is 0.795. The van der Waals surface area contributed by atoms with Crippen LogP contribution in [-0.2, 0) is 9.47 Å². The number of benzene rings is 1. The highest BCUT2D eigenvalue weighted by Crippen LogP contribution is 2.32. The Labute approximate surface area is 94.4 Å². The van der Waals surface area contributed by atoms with Crippen molar-refractivity contribution in [1.29, 1.82) is 0 Å². The Morgan fingerprint density at radius 2 is 1.69 bits per heavy atom. The fourth-order valence-electron chi connectivity index (χ4n) is 1.83. The molecule has 0 radical (unpaired) electrons. The fourth-order valence-corrected chi connectivity index (χ4v) is 1.83. The van der Waals surface area contributed by atoms with Crippen LogP contribution in [0.15, 0.2) is 30.3 Å². The Hall–Kier alpha value is -0.940. The molecule has 0 saturated carbocycles. The van der Waals surface area contributed by atoms with Gasteiger partial charge in [0.2, 0.25) is 0 Å². The number of aliphatic hydroxyl groups excluding tert-OH is 2. The van der Waals surface area contributed by atoms with Crippen LogP contribution >= 0.6 is 0 Å². The van der Waals surface area contributed by atoms with E-state index in [1.165, 1.54) is 0 Å². The summed E-state index contributed by atoms with van der Waals surface area (Å²) in [6, 6.07) is 9.58. The highest BCUT2D eigenvalue weighted by molar-refractivity contribution is 5.16. The average Bonchev–Trinajstić information content (AvgIpc) is 2.74. The summed E-state index contributed by atoms with van der Waals surface area (Å²) >= 11 is 0. The molecular formula is C12H16O4. The third kappa shape index (κ3) is 2.41. The molecule has 4 nitrogen and oxygen atoms in total. The standard InChI is InChI=1S/C12H16O4/c13-7-6-10-11(8-14)16-12(15-10)9-4-2-1-3-5-9/h1-5,10-14H,6-8H2/t10?,11?,12-/m1/s1. The van der Waals surface area contributed by atoms with Gasteiger partial charge in [-0.15, -0.1) is 0 Å². The van der Waals surface area contributed by atoms with Gasteiger partial charge in [0.15, 0.2) is 6.29 Å². The second-order valence-corrected chi connectivity index (χ2v) is 3.79. The van der Waals surface area contributed by atoms with E-state index in [0.29, 0.717) is 6.42 Å². The van der Waals surface area contributed by atoms with Gasteiger partial charge in [-0.3, -0.25) is 0 Å². The Bertz CT molecular complexity index is 314. The van der Waals surface area contributed by atoms with Gasteiger partial charge in [0, 0.05) is 12.2 Å². The minimum atomic E-state index is -0.435. The zero-order valence-electron chi connectivity index (χ0n) is 8.95. The van der Waals surface area contributed by atoms with Crippen LogP contribution < -0.4 is 0 Å². The summed E-state index contributed by atoms with van der Waals surface area (Å²) in [6.07, 6.45) is -0.540. The van der Waals surface area contributed by atoms with Crippen LogP contribution in [0.3, 0.4) is 0 Å². The summed E-state index contributed by atoms with van der Waals surface area (Å²) in [6.45, 7) is -0.0555. The summed E-state index contributed by atoms with van der Waals surface area (Å²) in [4.78, 5) is 0. The highest BCUT2D eigenvalue weighted by Gasteiger charge is 2.35. The predicted molar refractivity (Wildman–Crippen MR) is 57.7 cm³/mol. The smallest absolute Gasteiger partial charge is 0.184 e. The third-order valence-electron chi connectivity index (χ3n) is 2.68. The van der Waals surface area contributed by atoms with Gasteiger partial charge in [0.25, 0.3) is 0 Å². The van der Waals surface area contributed by atoms with Crippen LogP contribution in [0.2, 0.25) is 0 Å². The SMILES string of the molecule is OCCC1O[C@@H](c2ccccc2)OC1CO. The van der Waals surface area contributed by atoms with E-state index in [1.807, 2.05) is 30.3 Å². The molecule has 1 heterocycles. The molecule has 1 aliphatic rings. The second-order valence-electron chi connectivity index (χ2n) is 3.79. The molecule has 0 aliphatic carbocycles. The Morgan fingerprint density at radius 1 is 1.00 bits per heavy atom. The largest absolute Gasteiger partial charge is 0.396 e. The number of hydrogen-bond donors (Lipinski definition) is 2. The normalized spacial score (nSPS) is 29.5. The molecule has 0 amide bonds. The van der Waals surface area contributed by atoms with Gasteiger partial charge in [0.05, 0.1) is 12.7 Å². The van der Waals surface area contributed by atoms with E-state index in [0.717, 1.165) is 5.56 Å². The lowest BCUT2D eigenvalue weighted by molar-refractivity contribution is -0.0747. The average molecular weight is 224 g/mol. The second kappa shape index (κ2) is 5.41. The maximum atomic E-state index is 9.14. The molecule has 16 heavy (non-hydrogen) atoms. The zero-order valence-corrected chi connectivity index (χ0v) is 8.95. The topological polar surface area (TPSA) is 58.9 Å². The molecule has 1 aliphatic heterocycles. The van der Waals surface area contributed by atoms with Crippen molar-refractivity contribution in [3.8, 4) is 0 Å².